The number of rotatable bonds is 6. The van der Waals surface area contributed by atoms with E-state index in [0.29, 0.717) is 12.5 Å². The van der Waals surface area contributed by atoms with E-state index in [9.17, 15) is 5.11 Å². The summed E-state index contributed by atoms with van der Waals surface area (Å²) in [5, 5.41) is 11.8. The molecule has 4 heteroatoms. The summed E-state index contributed by atoms with van der Waals surface area (Å²) >= 11 is 0.237. The number of hydrogen-bond acceptors (Lipinski definition) is 2. The molecule has 1 aliphatic rings. The fraction of sp³-hybridized carbons (Fsp3) is 0.636. The van der Waals surface area contributed by atoms with Crippen LogP contribution in [0.4, 0.5) is 0 Å². The Morgan fingerprint density at radius 2 is 1.92 bits per heavy atom. The van der Waals surface area contributed by atoms with Crippen LogP contribution in [0.15, 0.2) is 42.5 Å². The molecule has 1 N–H and O–H groups in total. The second kappa shape index (κ2) is 8.32. The third-order valence-electron chi connectivity index (χ3n) is 6.23. The van der Waals surface area contributed by atoms with Gasteiger partial charge >= 0.3 is 168 Å². The Balaban J connectivity index is 2.17. The molecule has 2 rings (SSSR count). The summed E-state index contributed by atoms with van der Waals surface area (Å²) in [5.41, 5.74) is 0.545. The summed E-state index contributed by atoms with van der Waals surface area (Å²) in [4.78, 5) is 0.276. The van der Waals surface area contributed by atoms with E-state index in [0.717, 1.165) is 19.3 Å². The van der Waals surface area contributed by atoms with Crippen LogP contribution < -0.4 is 4.46 Å². The van der Waals surface area contributed by atoms with Gasteiger partial charge in [0, 0.05) is 0 Å². The Labute approximate surface area is 167 Å². The summed E-state index contributed by atoms with van der Waals surface area (Å²) < 4.78 is 7.84. The first kappa shape index (κ1) is 21.9. The van der Waals surface area contributed by atoms with Crippen molar-refractivity contribution in [1.82, 2.24) is 0 Å². The van der Waals surface area contributed by atoms with Crippen molar-refractivity contribution in [3.05, 3.63) is 42.5 Å². The van der Waals surface area contributed by atoms with Crippen LogP contribution >= 0.6 is 0 Å². The Morgan fingerprint density at radius 1 is 1.31 bits per heavy atom. The van der Waals surface area contributed by atoms with Gasteiger partial charge in [-0.1, -0.05) is 0 Å². The Kier molecular flexibility index (Phi) is 7.01. The zero-order chi connectivity index (χ0) is 19.6. The van der Waals surface area contributed by atoms with E-state index < -0.39 is 13.9 Å². The molecule has 1 fully saturated rings. The summed E-state index contributed by atoms with van der Waals surface area (Å²) in [6, 6.07) is 10.6. The van der Waals surface area contributed by atoms with Gasteiger partial charge in [-0.05, 0) is 0 Å². The van der Waals surface area contributed by atoms with Crippen molar-refractivity contribution in [1.29, 1.82) is 0 Å². The molecule has 3 atom stereocenters. The molecular weight excluding hydrogens is 403 g/mol. The van der Waals surface area contributed by atoms with E-state index in [-0.39, 0.29) is 24.8 Å². The molecular formula is C22H36O2SeSi. The van der Waals surface area contributed by atoms with Gasteiger partial charge in [-0.2, -0.15) is 0 Å². The maximum absolute atomic E-state index is 11.6. The Bertz CT molecular complexity index is 608. The van der Waals surface area contributed by atoms with Crippen LogP contribution in [0.1, 0.15) is 47.0 Å². The van der Waals surface area contributed by atoms with Gasteiger partial charge in [-0.15, -0.1) is 0 Å². The predicted molar refractivity (Wildman–Crippen MR) is 116 cm³/mol. The first-order valence-electron chi connectivity index (χ1n) is 9.68. The van der Waals surface area contributed by atoms with Crippen LogP contribution in [0.25, 0.3) is 0 Å². The normalized spacial score (nSPS) is 27.3. The maximum atomic E-state index is 11.6. The summed E-state index contributed by atoms with van der Waals surface area (Å²) in [7, 11) is -1.87. The zero-order valence-electron chi connectivity index (χ0n) is 17.3. The van der Waals surface area contributed by atoms with E-state index in [1.54, 1.807) is 0 Å². The van der Waals surface area contributed by atoms with Gasteiger partial charge in [0.2, 0.25) is 0 Å². The second-order valence-corrected chi connectivity index (χ2v) is 16.9. The molecule has 0 heterocycles. The van der Waals surface area contributed by atoms with E-state index in [2.05, 4.69) is 77.7 Å². The molecule has 0 radical (unpaired) electrons. The standard InChI is InChI=1S/C22H36O2SeSi/c1-17(2)18-13-14-22(23,16-24-26(6,7)21(3,4)5)20(15-18)25-19-11-9-8-10-12-19/h8-12,18,20,23H,1,13-16H2,2-7H3. The van der Waals surface area contributed by atoms with Crippen molar-refractivity contribution >= 4 is 27.7 Å². The predicted octanol–water partition coefficient (Wildman–Crippen LogP) is 4.93. The van der Waals surface area contributed by atoms with Gasteiger partial charge in [0.1, 0.15) is 0 Å². The van der Waals surface area contributed by atoms with Crippen molar-refractivity contribution in [3.63, 3.8) is 0 Å². The minimum absolute atomic E-state index is 0.165. The first-order valence-corrected chi connectivity index (χ1v) is 14.4. The quantitative estimate of drug-likeness (QED) is 0.503. The van der Waals surface area contributed by atoms with E-state index in [4.69, 9.17) is 4.43 Å². The molecule has 0 saturated heterocycles. The molecule has 146 valence electrons. The molecule has 1 aliphatic carbocycles. The minimum atomic E-state index is -1.87. The van der Waals surface area contributed by atoms with Gasteiger partial charge in [0.25, 0.3) is 0 Å². The van der Waals surface area contributed by atoms with Gasteiger partial charge in [0.05, 0.1) is 0 Å². The molecule has 2 nitrogen and oxygen atoms in total. The monoisotopic (exact) mass is 440 g/mol. The zero-order valence-corrected chi connectivity index (χ0v) is 20.1. The number of benzene rings is 1. The fourth-order valence-electron chi connectivity index (χ4n) is 3.14. The Hall–Kier alpha value is -0.384. The van der Waals surface area contributed by atoms with Gasteiger partial charge in [-0.25, -0.2) is 0 Å². The number of hydrogen-bond donors (Lipinski definition) is 1. The summed E-state index contributed by atoms with van der Waals surface area (Å²) in [5.74, 6) is 0.527. The fourth-order valence-corrected chi connectivity index (χ4v) is 7.07. The SMILES string of the molecule is C=C(C)C1CCC(O)(CO[Si](C)(C)C(C)(C)C)C([Se]c2ccccc2)C1. The van der Waals surface area contributed by atoms with Crippen LogP contribution in [0, 0.1) is 5.92 Å². The molecule has 1 aromatic rings. The average Bonchev–Trinajstić information content (AvgIpc) is 2.55. The van der Waals surface area contributed by atoms with Crippen LogP contribution in [-0.2, 0) is 4.43 Å². The first-order chi connectivity index (χ1) is 11.9. The van der Waals surface area contributed by atoms with Crippen molar-refractivity contribution in [3.8, 4) is 0 Å². The van der Waals surface area contributed by atoms with Crippen molar-refractivity contribution < 1.29 is 9.53 Å². The van der Waals surface area contributed by atoms with Crippen LogP contribution in [-0.4, -0.2) is 40.6 Å². The van der Waals surface area contributed by atoms with E-state index in [1.165, 1.54) is 10.0 Å². The summed E-state index contributed by atoms with van der Waals surface area (Å²) in [6.07, 6.45) is 2.87. The van der Waals surface area contributed by atoms with Crippen LogP contribution in [0.3, 0.4) is 0 Å². The van der Waals surface area contributed by atoms with Crippen LogP contribution in [0.5, 0.6) is 0 Å². The summed E-state index contributed by atoms with van der Waals surface area (Å²) in [6.45, 7) is 18.1. The molecule has 1 saturated carbocycles. The van der Waals surface area contributed by atoms with Gasteiger partial charge < -0.3 is 0 Å². The third-order valence-corrected chi connectivity index (χ3v) is 13.8. The molecule has 26 heavy (non-hydrogen) atoms. The van der Waals surface area contributed by atoms with Crippen molar-refractivity contribution in [2.24, 2.45) is 5.92 Å². The molecule has 3 unspecified atom stereocenters. The molecule has 0 amide bonds. The number of allylic oxidation sites excluding steroid dienone is 1. The van der Waals surface area contributed by atoms with E-state index >= 15 is 0 Å². The molecule has 1 aromatic carbocycles. The molecule has 0 aromatic heterocycles. The van der Waals surface area contributed by atoms with Crippen molar-refractivity contribution in [2.75, 3.05) is 6.61 Å². The van der Waals surface area contributed by atoms with E-state index in [1.807, 2.05) is 0 Å². The molecule has 0 spiro atoms. The third kappa shape index (κ3) is 5.33. The Morgan fingerprint density at radius 3 is 2.46 bits per heavy atom. The molecule has 0 aliphatic heterocycles. The van der Waals surface area contributed by atoms with Crippen molar-refractivity contribution in [2.45, 2.75) is 75.5 Å². The van der Waals surface area contributed by atoms with Gasteiger partial charge in [-0.3, -0.25) is 0 Å². The van der Waals surface area contributed by atoms with Gasteiger partial charge in [0.15, 0.2) is 0 Å². The topological polar surface area (TPSA) is 29.5 Å². The molecule has 0 bridgehead atoms. The van der Waals surface area contributed by atoms with Crippen LogP contribution in [0.2, 0.25) is 22.9 Å². The number of aliphatic hydroxyl groups is 1. The second-order valence-electron chi connectivity index (χ2n) is 9.39. The average molecular weight is 440 g/mol.